The number of fused-ring (bicyclic) bond motifs is 1. The average Bonchev–Trinajstić information content (AvgIpc) is 2.84. The van der Waals surface area contributed by atoms with E-state index in [-0.39, 0.29) is 20.6 Å². The number of ether oxygens (including phenoxy) is 2. The Bertz CT molecular complexity index is 1350. The van der Waals surface area contributed by atoms with Crippen LogP contribution in [0.2, 0.25) is 10.0 Å². The van der Waals surface area contributed by atoms with E-state index >= 15 is 0 Å². The Morgan fingerprint density at radius 1 is 1.03 bits per heavy atom. The van der Waals surface area contributed by atoms with E-state index in [1.807, 2.05) is 13.0 Å². The van der Waals surface area contributed by atoms with Gasteiger partial charge in [0.25, 0.3) is 10.0 Å². The molecule has 0 aromatic heterocycles. The normalized spacial score (nSPS) is 13.7. The van der Waals surface area contributed by atoms with Crippen LogP contribution in [0.5, 0.6) is 11.5 Å². The summed E-state index contributed by atoms with van der Waals surface area (Å²) < 4.78 is 39.3. The maximum atomic E-state index is 13.6. The molecular formula is C25H24Cl2N2O5S. The SMILES string of the molecule is Cc1ccc(S(=O)(=O)N(CC(=O)N[C@@H](C)c2ccc3c(c2)OCCO3)c2cccc(Cl)c2Cl)cc1. The molecule has 1 aliphatic heterocycles. The molecule has 184 valence electrons. The van der Waals surface area contributed by atoms with Crippen LogP contribution in [0.25, 0.3) is 0 Å². The van der Waals surface area contributed by atoms with Gasteiger partial charge in [-0.15, -0.1) is 0 Å². The third kappa shape index (κ3) is 5.50. The monoisotopic (exact) mass is 534 g/mol. The van der Waals surface area contributed by atoms with Crippen LogP contribution in [0.3, 0.4) is 0 Å². The molecule has 0 saturated carbocycles. The van der Waals surface area contributed by atoms with E-state index in [0.29, 0.717) is 24.7 Å². The van der Waals surface area contributed by atoms with E-state index in [4.69, 9.17) is 32.7 Å². The number of amides is 1. The molecule has 4 rings (SSSR count). The number of rotatable bonds is 7. The van der Waals surface area contributed by atoms with Crippen molar-refractivity contribution < 1.29 is 22.7 Å². The molecule has 1 atom stereocenters. The molecule has 0 fully saturated rings. The van der Waals surface area contributed by atoms with Gasteiger partial charge in [-0.2, -0.15) is 0 Å². The number of hydrogen-bond donors (Lipinski definition) is 1. The molecule has 0 spiro atoms. The molecule has 10 heteroatoms. The lowest BCUT2D eigenvalue weighted by atomic mass is 10.1. The highest BCUT2D eigenvalue weighted by molar-refractivity contribution is 7.92. The Hall–Kier alpha value is -2.94. The molecule has 0 unspecified atom stereocenters. The lowest BCUT2D eigenvalue weighted by Crippen LogP contribution is -2.41. The van der Waals surface area contributed by atoms with Gasteiger partial charge in [0.1, 0.15) is 19.8 Å². The van der Waals surface area contributed by atoms with Gasteiger partial charge in [-0.1, -0.05) is 53.0 Å². The molecule has 1 heterocycles. The molecule has 1 amide bonds. The highest BCUT2D eigenvalue weighted by Crippen LogP contribution is 2.36. The van der Waals surface area contributed by atoms with Crippen molar-refractivity contribution in [2.75, 3.05) is 24.1 Å². The minimum absolute atomic E-state index is 0.0341. The van der Waals surface area contributed by atoms with E-state index in [1.165, 1.54) is 18.2 Å². The fourth-order valence-corrected chi connectivity index (χ4v) is 5.53. The topological polar surface area (TPSA) is 84.9 Å². The highest BCUT2D eigenvalue weighted by Gasteiger charge is 2.30. The standard InChI is InChI=1S/C25H24Cl2N2O5S/c1-16-6-9-19(10-7-16)35(31,32)29(21-5-3-4-20(26)25(21)27)15-24(30)28-17(2)18-8-11-22-23(14-18)34-13-12-33-22/h3-11,14,17H,12-13,15H2,1-2H3,(H,28,30)/t17-/m0/s1. The quantitative estimate of drug-likeness (QED) is 0.453. The fourth-order valence-electron chi connectivity index (χ4n) is 3.65. The minimum atomic E-state index is -4.12. The smallest absolute Gasteiger partial charge is 0.264 e. The Morgan fingerprint density at radius 2 is 1.71 bits per heavy atom. The van der Waals surface area contributed by atoms with Gasteiger partial charge in [0.2, 0.25) is 5.91 Å². The Morgan fingerprint density at radius 3 is 2.43 bits per heavy atom. The van der Waals surface area contributed by atoms with Gasteiger partial charge in [0.15, 0.2) is 11.5 Å². The van der Waals surface area contributed by atoms with Gasteiger partial charge in [0.05, 0.1) is 26.7 Å². The van der Waals surface area contributed by atoms with Gasteiger partial charge in [-0.3, -0.25) is 9.10 Å². The maximum absolute atomic E-state index is 13.6. The zero-order valence-electron chi connectivity index (χ0n) is 19.1. The summed E-state index contributed by atoms with van der Waals surface area (Å²) in [7, 11) is -4.12. The first kappa shape index (κ1) is 25.2. The molecule has 3 aromatic rings. The van der Waals surface area contributed by atoms with E-state index in [9.17, 15) is 13.2 Å². The number of anilines is 1. The predicted octanol–water partition coefficient (Wildman–Crippen LogP) is 5.15. The number of carbonyl (C=O) groups is 1. The van der Waals surface area contributed by atoms with E-state index in [0.717, 1.165) is 15.4 Å². The molecule has 0 aliphatic carbocycles. The number of sulfonamides is 1. The first-order valence-electron chi connectivity index (χ1n) is 10.9. The molecule has 1 N–H and O–H groups in total. The summed E-state index contributed by atoms with van der Waals surface area (Å²) in [5.41, 5.74) is 1.81. The van der Waals surface area contributed by atoms with Gasteiger partial charge in [-0.05, 0) is 55.8 Å². The predicted molar refractivity (Wildman–Crippen MR) is 136 cm³/mol. The summed E-state index contributed by atoms with van der Waals surface area (Å²) >= 11 is 12.5. The van der Waals surface area contributed by atoms with Crippen LogP contribution in [0, 0.1) is 6.92 Å². The van der Waals surface area contributed by atoms with Crippen LogP contribution in [0.15, 0.2) is 65.6 Å². The highest BCUT2D eigenvalue weighted by atomic mass is 35.5. The van der Waals surface area contributed by atoms with Crippen molar-refractivity contribution in [3.05, 3.63) is 81.8 Å². The molecule has 0 bridgehead atoms. The average molecular weight is 535 g/mol. The van der Waals surface area contributed by atoms with Gasteiger partial charge < -0.3 is 14.8 Å². The van der Waals surface area contributed by atoms with Gasteiger partial charge >= 0.3 is 0 Å². The molecule has 7 nitrogen and oxygen atoms in total. The summed E-state index contributed by atoms with van der Waals surface area (Å²) in [4.78, 5) is 13.1. The van der Waals surface area contributed by atoms with Crippen molar-refractivity contribution in [2.45, 2.75) is 24.8 Å². The lowest BCUT2D eigenvalue weighted by Gasteiger charge is -2.26. The lowest BCUT2D eigenvalue weighted by molar-refractivity contribution is -0.120. The van der Waals surface area contributed by atoms with Crippen LogP contribution >= 0.6 is 23.2 Å². The van der Waals surface area contributed by atoms with Crippen LogP contribution in [-0.2, 0) is 14.8 Å². The van der Waals surface area contributed by atoms with E-state index < -0.39 is 28.5 Å². The number of aryl methyl sites for hydroxylation is 1. The largest absolute Gasteiger partial charge is 0.486 e. The van der Waals surface area contributed by atoms with Crippen molar-refractivity contribution in [3.8, 4) is 11.5 Å². The third-order valence-electron chi connectivity index (χ3n) is 5.54. The Kier molecular flexibility index (Phi) is 7.44. The molecule has 0 radical (unpaired) electrons. The summed E-state index contributed by atoms with van der Waals surface area (Å²) in [5.74, 6) is 0.729. The minimum Gasteiger partial charge on any atom is -0.486 e. The fraction of sp³-hybridized carbons (Fsp3) is 0.240. The second kappa shape index (κ2) is 10.4. The number of nitrogens with zero attached hydrogens (tertiary/aromatic N) is 1. The molecule has 3 aromatic carbocycles. The van der Waals surface area contributed by atoms with Crippen molar-refractivity contribution in [2.24, 2.45) is 0 Å². The maximum Gasteiger partial charge on any atom is 0.264 e. The van der Waals surface area contributed by atoms with Gasteiger partial charge in [-0.25, -0.2) is 8.42 Å². The summed E-state index contributed by atoms with van der Waals surface area (Å²) in [5, 5.41) is 3.07. The Balaban J connectivity index is 1.61. The van der Waals surface area contributed by atoms with Crippen LogP contribution in [0.1, 0.15) is 24.1 Å². The molecule has 35 heavy (non-hydrogen) atoms. The first-order valence-corrected chi connectivity index (χ1v) is 13.1. The summed E-state index contributed by atoms with van der Waals surface area (Å²) in [6, 6.07) is 16.0. The number of benzene rings is 3. The second-order valence-electron chi connectivity index (χ2n) is 8.09. The van der Waals surface area contributed by atoms with Crippen molar-refractivity contribution >= 4 is 44.8 Å². The van der Waals surface area contributed by atoms with Crippen LogP contribution < -0.4 is 19.1 Å². The van der Waals surface area contributed by atoms with Crippen LogP contribution in [-0.4, -0.2) is 34.1 Å². The van der Waals surface area contributed by atoms with Crippen molar-refractivity contribution in [1.29, 1.82) is 0 Å². The molecule has 1 aliphatic rings. The number of halogens is 2. The zero-order valence-corrected chi connectivity index (χ0v) is 21.5. The van der Waals surface area contributed by atoms with Crippen molar-refractivity contribution in [3.63, 3.8) is 0 Å². The van der Waals surface area contributed by atoms with Crippen LogP contribution in [0.4, 0.5) is 5.69 Å². The summed E-state index contributed by atoms with van der Waals surface area (Å²) in [6.07, 6.45) is 0. The van der Waals surface area contributed by atoms with Crippen molar-refractivity contribution in [1.82, 2.24) is 5.32 Å². The molecule has 0 saturated heterocycles. The molecular weight excluding hydrogens is 511 g/mol. The third-order valence-corrected chi connectivity index (χ3v) is 8.12. The number of hydrogen-bond acceptors (Lipinski definition) is 5. The van der Waals surface area contributed by atoms with E-state index in [1.54, 1.807) is 43.3 Å². The number of carbonyl (C=O) groups excluding carboxylic acids is 1. The second-order valence-corrected chi connectivity index (χ2v) is 10.7. The zero-order chi connectivity index (χ0) is 25.2. The Labute approximate surface area is 214 Å². The van der Waals surface area contributed by atoms with Gasteiger partial charge in [0, 0.05) is 0 Å². The van der Waals surface area contributed by atoms with E-state index in [2.05, 4.69) is 5.32 Å². The summed E-state index contributed by atoms with van der Waals surface area (Å²) in [6.45, 7) is 4.09. The first-order chi connectivity index (χ1) is 16.7. The number of nitrogens with one attached hydrogen (secondary N) is 1.